The Hall–Kier alpha value is -1.14. The van der Waals surface area contributed by atoms with E-state index >= 15 is 0 Å². The molecule has 0 spiro atoms. The molecule has 2 rings (SSSR count). The summed E-state index contributed by atoms with van der Waals surface area (Å²) in [6.07, 6.45) is 6.08. The van der Waals surface area contributed by atoms with Crippen molar-refractivity contribution in [1.29, 1.82) is 0 Å². The average molecular weight is 295 g/mol. The lowest BCUT2D eigenvalue weighted by molar-refractivity contribution is 0.218. The molecule has 0 saturated carbocycles. The van der Waals surface area contributed by atoms with Crippen LogP contribution in [0.5, 0.6) is 0 Å². The Morgan fingerprint density at radius 1 is 1.35 bits per heavy atom. The maximum Gasteiger partial charge on any atom is 0.205 e. The van der Waals surface area contributed by atoms with Gasteiger partial charge in [-0.05, 0) is 13.3 Å². The number of thiocarbonyl (C=S) groups is 1. The molecule has 0 amide bonds. The van der Waals surface area contributed by atoms with Crippen LogP contribution in [0.25, 0.3) is 0 Å². The van der Waals surface area contributed by atoms with Gasteiger partial charge in [0.1, 0.15) is 0 Å². The summed E-state index contributed by atoms with van der Waals surface area (Å²) in [7, 11) is 0. The first-order chi connectivity index (χ1) is 9.67. The van der Waals surface area contributed by atoms with E-state index in [1.54, 1.807) is 0 Å². The highest BCUT2D eigenvalue weighted by Gasteiger charge is 2.26. The van der Waals surface area contributed by atoms with E-state index in [4.69, 9.17) is 18.0 Å². The summed E-state index contributed by atoms with van der Waals surface area (Å²) in [6, 6.07) is 0.253. The molecule has 0 aromatic carbocycles. The van der Waals surface area contributed by atoms with E-state index < -0.39 is 0 Å². The molecule has 1 aromatic rings. The summed E-state index contributed by atoms with van der Waals surface area (Å²) in [5.41, 5.74) is 5.89. The monoisotopic (exact) mass is 295 g/mol. The molecule has 2 heterocycles. The number of hydrogen-bond donors (Lipinski definition) is 1. The van der Waals surface area contributed by atoms with Crippen molar-refractivity contribution in [3.05, 3.63) is 12.4 Å². The van der Waals surface area contributed by atoms with Crippen molar-refractivity contribution < 1.29 is 0 Å². The third kappa shape index (κ3) is 3.30. The van der Waals surface area contributed by atoms with Crippen LogP contribution >= 0.6 is 12.2 Å². The molecule has 1 fully saturated rings. The van der Waals surface area contributed by atoms with Crippen LogP contribution in [0.2, 0.25) is 0 Å². The van der Waals surface area contributed by atoms with Gasteiger partial charge in [0.25, 0.3) is 0 Å². The summed E-state index contributed by atoms with van der Waals surface area (Å²) in [5.74, 6) is 1.08. The van der Waals surface area contributed by atoms with Crippen molar-refractivity contribution in [1.82, 2.24) is 14.5 Å². The first-order valence-corrected chi connectivity index (χ1v) is 7.87. The van der Waals surface area contributed by atoms with E-state index in [1.807, 2.05) is 12.4 Å². The van der Waals surface area contributed by atoms with Gasteiger partial charge < -0.3 is 15.2 Å². The van der Waals surface area contributed by atoms with Crippen LogP contribution in [0, 0.1) is 0 Å². The highest BCUT2D eigenvalue weighted by Crippen LogP contribution is 2.17. The highest BCUT2D eigenvalue weighted by molar-refractivity contribution is 7.80. The molecule has 5 nitrogen and oxygen atoms in total. The van der Waals surface area contributed by atoms with E-state index in [9.17, 15) is 0 Å². The van der Waals surface area contributed by atoms with Crippen molar-refractivity contribution in [3.8, 4) is 0 Å². The fourth-order valence-electron chi connectivity index (χ4n) is 2.84. The third-order valence-corrected chi connectivity index (χ3v) is 4.23. The Morgan fingerprint density at radius 2 is 2.05 bits per heavy atom. The summed E-state index contributed by atoms with van der Waals surface area (Å²) in [4.78, 5) is 9.87. The first-order valence-electron chi connectivity index (χ1n) is 7.46. The lowest BCUT2D eigenvalue weighted by Crippen LogP contribution is -2.54. The van der Waals surface area contributed by atoms with E-state index in [2.05, 4.69) is 33.2 Å². The molecular weight excluding hydrogens is 270 g/mol. The lowest BCUT2D eigenvalue weighted by Gasteiger charge is -2.39. The maximum atomic E-state index is 5.89. The van der Waals surface area contributed by atoms with Crippen LogP contribution in [0.4, 0.5) is 5.95 Å². The fraction of sp³-hybridized carbons (Fsp3) is 0.714. The number of nitrogens with two attached hydrogens (primary N) is 1. The molecule has 1 aliphatic rings. The lowest BCUT2D eigenvalue weighted by atomic mass is 10.1. The van der Waals surface area contributed by atoms with E-state index in [-0.39, 0.29) is 6.04 Å². The molecule has 6 heteroatoms. The van der Waals surface area contributed by atoms with E-state index in [1.165, 1.54) is 0 Å². The number of aromatic nitrogens is 2. The molecule has 1 saturated heterocycles. The minimum absolute atomic E-state index is 0.253. The van der Waals surface area contributed by atoms with Gasteiger partial charge in [-0.15, -0.1) is 0 Å². The standard InChI is InChI=1S/C14H25N5S/c1-3-5-12(13(15)20)18-8-10-19(11-9-18)14-16-6-7-17(14)4-2/h6-7,12H,3-5,8-11H2,1-2H3,(H2,15,20). The molecule has 1 atom stereocenters. The topological polar surface area (TPSA) is 50.3 Å². The second kappa shape index (κ2) is 7.04. The van der Waals surface area contributed by atoms with Gasteiger partial charge >= 0.3 is 0 Å². The highest BCUT2D eigenvalue weighted by atomic mass is 32.1. The average Bonchev–Trinajstić information content (AvgIpc) is 2.93. The second-order valence-corrected chi connectivity index (χ2v) is 5.71. The van der Waals surface area contributed by atoms with Crippen molar-refractivity contribution >= 4 is 23.2 Å². The van der Waals surface area contributed by atoms with Crippen molar-refractivity contribution in [2.24, 2.45) is 5.73 Å². The van der Waals surface area contributed by atoms with Crippen LogP contribution in [0.3, 0.4) is 0 Å². The molecule has 112 valence electrons. The van der Waals surface area contributed by atoms with Gasteiger partial charge in [-0.3, -0.25) is 4.90 Å². The molecule has 2 N–H and O–H groups in total. The molecule has 1 aromatic heterocycles. The SMILES string of the molecule is CCCC(C(N)=S)N1CCN(c2nccn2CC)CC1. The summed E-state index contributed by atoms with van der Waals surface area (Å²) in [6.45, 7) is 9.25. The smallest absolute Gasteiger partial charge is 0.205 e. The Kier molecular flexibility index (Phi) is 5.37. The van der Waals surface area contributed by atoms with Gasteiger partial charge in [0.15, 0.2) is 0 Å². The molecule has 0 radical (unpaired) electrons. The predicted molar refractivity (Wildman–Crippen MR) is 87.2 cm³/mol. The van der Waals surface area contributed by atoms with Gasteiger partial charge in [0, 0.05) is 45.1 Å². The zero-order chi connectivity index (χ0) is 14.5. The fourth-order valence-corrected chi connectivity index (χ4v) is 3.11. The Balaban J connectivity index is 1.96. The first kappa shape index (κ1) is 15.3. The second-order valence-electron chi connectivity index (χ2n) is 5.24. The van der Waals surface area contributed by atoms with Crippen molar-refractivity contribution in [2.75, 3.05) is 31.1 Å². The van der Waals surface area contributed by atoms with Crippen LogP contribution < -0.4 is 10.6 Å². The Labute approximate surface area is 126 Å². The van der Waals surface area contributed by atoms with Gasteiger partial charge in [-0.2, -0.15) is 0 Å². The number of hydrogen-bond acceptors (Lipinski definition) is 4. The number of imidazole rings is 1. The number of nitrogens with zero attached hydrogens (tertiary/aromatic N) is 4. The van der Waals surface area contributed by atoms with Crippen molar-refractivity contribution in [2.45, 2.75) is 39.3 Å². The largest absolute Gasteiger partial charge is 0.392 e. The number of aryl methyl sites for hydroxylation is 1. The van der Waals surface area contributed by atoms with Crippen LogP contribution in [-0.2, 0) is 6.54 Å². The van der Waals surface area contributed by atoms with E-state index in [0.29, 0.717) is 4.99 Å². The van der Waals surface area contributed by atoms with Crippen LogP contribution in [-0.4, -0.2) is 51.7 Å². The normalized spacial score (nSPS) is 18.2. The van der Waals surface area contributed by atoms with Gasteiger partial charge in [-0.25, -0.2) is 4.98 Å². The van der Waals surface area contributed by atoms with Gasteiger partial charge in [0.2, 0.25) is 5.95 Å². The van der Waals surface area contributed by atoms with Crippen molar-refractivity contribution in [3.63, 3.8) is 0 Å². The van der Waals surface area contributed by atoms with Gasteiger partial charge in [0.05, 0.1) is 11.0 Å². The van der Waals surface area contributed by atoms with Crippen LogP contribution in [0.15, 0.2) is 12.4 Å². The molecular formula is C14H25N5S. The maximum absolute atomic E-state index is 5.89. The zero-order valence-electron chi connectivity index (χ0n) is 12.5. The minimum Gasteiger partial charge on any atom is -0.392 e. The summed E-state index contributed by atoms with van der Waals surface area (Å²) in [5, 5.41) is 0. The quantitative estimate of drug-likeness (QED) is 0.806. The summed E-state index contributed by atoms with van der Waals surface area (Å²) < 4.78 is 2.19. The van der Waals surface area contributed by atoms with Gasteiger partial charge in [-0.1, -0.05) is 25.6 Å². The predicted octanol–water partition coefficient (Wildman–Crippen LogP) is 1.48. The molecule has 0 aliphatic carbocycles. The zero-order valence-corrected chi connectivity index (χ0v) is 13.3. The van der Waals surface area contributed by atoms with E-state index in [0.717, 1.165) is 51.5 Å². The molecule has 1 unspecified atom stereocenters. The number of anilines is 1. The number of piperazine rings is 1. The summed E-state index contributed by atoms with van der Waals surface area (Å²) >= 11 is 5.22. The minimum atomic E-state index is 0.253. The molecule has 1 aliphatic heterocycles. The Morgan fingerprint density at radius 3 is 2.60 bits per heavy atom. The molecule has 20 heavy (non-hydrogen) atoms. The third-order valence-electron chi connectivity index (χ3n) is 3.96. The molecule has 0 bridgehead atoms. The number of rotatable bonds is 6. The Bertz CT molecular complexity index is 437. The van der Waals surface area contributed by atoms with Crippen LogP contribution in [0.1, 0.15) is 26.7 Å².